The summed E-state index contributed by atoms with van der Waals surface area (Å²) in [5.74, 6) is -0.190. The van der Waals surface area contributed by atoms with E-state index in [1.54, 1.807) is 0 Å². The maximum absolute atomic E-state index is 13.2. The molecule has 124 valence electrons. The van der Waals surface area contributed by atoms with E-state index in [0.29, 0.717) is 6.54 Å². The highest BCUT2D eigenvalue weighted by Crippen LogP contribution is 2.43. The Hall–Kier alpha value is -2.13. The van der Waals surface area contributed by atoms with Gasteiger partial charge in [0.05, 0.1) is 0 Å². The lowest BCUT2D eigenvalue weighted by Crippen LogP contribution is -2.31. The van der Waals surface area contributed by atoms with Gasteiger partial charge in [0.1, 0.15) is 5.82 Å². The molecule has 0 atom stereocenters. The van der Waals surface area contributed by atoms with Gasteiger partial charge in [0.25, 0.3) is 0 Å². The van der Waals surface area contributed by atoms with Gasteiger partial charge in [-0.2, -0.15) is 0 Å². The second-order valence-electron chi connectivity index (χ2n) is 7.01. The molecule has 0 saturated heterocycles. The molecule has 2 aromatic carbocycles. The van der Waals surface area contributed by atoms with Crippen LogP contribution in [0.4, 0.5) is 4.39 Å². The van der Waals surface area contributed by atoms with Crippen molar-refractivity contribution >= 4 is 10.9 Å². The summed E-state index contributed by atoms with van der Waals surface area (Å²) in [6, 6.07) is 15.3. The zero-order valence-electron chi connectivity index (χ0n) is 13.8. The highest BCUT2D eigenvalue weighted by Gasteiger charge is 2.36. The number of nitrogens with two attached hydrogens (primary N) is 1. The van der Waals surface area contributed by atoms with E-state index in [2.05, 4.69) is 35.0 Å². The number of hydrogen-bond donors (Lipinski definition) is 1. The molecule has 3 aromatic rings. The van der Waals surface area contributed by atoms with Crippen molar-refractivity contribution in [3.05, 3.63) is 71.7 Å². The molecule has 2 N–H and O–H groups in total. The third-order valence-corrected chi connectivity index (χ3v) is 5.58. The summed E-state index contributed by atoms with van der Waals surface area (Å²) in [7, 11) is 0. The maximum Gasteiger partial charge on any atom is 0.123 e. The molecule has 1 heterocycles. The summed E-state index contributed by atoms with van der Waals surface area (Å²) in [5, 5.41) is 1.31. The van der Waals surface area contributed by atoms with Crippen molar-refractivity contribution in [1.82, 2.24) is 4.57 Å². The van der Waals surface area contributed by atoms with Gasteiger partial charge >= 0.3 is 0 Å². The topological polar surface area (TPSA) is 30.9 Å². The van der Waals surface area contributed by atoms with E-state index < -0.39 is 0 Å². The normalized spacial score (nSPS) is 16.8. The van der Waals surface area contributed by atoms with Crippen molar-refractivity contribution in [3.63, 3.8) is 0 Å². The van der Waals surface area contributed by atoms with E-state index in [0.717, 1.165) is 12.1 Å². The minimum Gasteiger partial charge on any atom is -0.343 e. The number of para-hydroxylation sites is 1. The number of halogens is 1. The lowest BCUT2D eigenvalue weighted by molar-refractivity contribution is 0.455. The number of nitrogens with zero attached hydrogens (tertiary/aromatic N) is 1. The van der Waals surface area contributed by atoms with Crippen LogP contribution < -0.4 is 5.73 Å². The molecular formula is C21H23FN2. The van der Waals surface area contributed by atoms with Gasteiger partial charge in [-0.05, 0) is 42.2 Å². The van der Waals surface area contributed by atoms with E-state index in [1.807, 2.05) is 12.1 Å². The van der Waals surface area contributed by atoms with Crippen molar-refractivity contribution in [3.8, 4) is 0 Å². The molecule has 0 spiro atoms. The highest BCUT2D eigenvalue weighted by atomic mass is 19.1. The van der Waals surface area contributed by atoms with Gasteiger partial charge in [-0.3, -0.25) is 0 Å². The fourth-order valence-electron chi connectivity index (χ4n) is 4.22. The van der Waals surface area contributed by atoms with Crippen LogP contribution >= 0.6 is 0 Å². The molecule has 0 radical (unpaired) electrons. The van der Waals surface area contributed by atoms with Crippen LogP contribution in [0, 0.1) is 5.82 Å². The standard InChI is InChI=1S/C21H23FN2/c22-17-9-7-16(8-10-17)13-24-14-19(18-5-1-2-6-20(18)24)21(15-23)11-3-4-12-21/h1-2,5-10,14H,3-4,11-13,15,23H2. The summed E-state index contributed by atoms with van der Waals surface area (Å²) in [5.41, 5.74) is 10.1. The Labute approximate surface area is 142 Å². The Morgan fingerprint density at radius 2 is 1.71 bits per heavy atom. The van der Waals surface area contributed by atoms with Crippen molar-refractivity contribution in [1.29, 1.82) is 0 Å². The van der Waals surface area contributed by atoms with Crippen molar-refractivity contribution in [2.75, 3.05) is 6.54 Å². The largest absolute Gasteiger partial charge is 0.343 e. The molecule has 2 nitrogen and oxygen atoms in total. The van der Waals surface area contributed by atoms with Gasteiger partial charge in [0, 0.05) is 35.6 Å². The summed E-state index contributed by atoms with van der Waals surface area (Å²) >= 11 is 0. The van der Waals surface area contributed by atoms with Gasteiger partial charge in [-0.1, -0.05) is 43.2 Å². The number of fused-ring (bicyclic) bond motifs is 1. The summed E-state index contributed by atoms with van der Waals surface area (Å²) in [4.78, 5) is 0. The Morgan fingerprint density at radius 3 is 2.42 bits per heavy atom. The van der Waals surface area contributed by atoms with Crippen LogP contribution in [-0.2, 0) is 12.0 Å². The van der Waals surface area contributed by atoms with E-state index >= 15 is 0 Å². The zero-order chi connectivity index (χ0) is 16.6. The lowest BCUT2D eigenvalue weighted by Gasteiger charge is -2.27. The van der Waals surface area contributed by atoms with Gasteiger partial charge in [-0.15, -0.1) is 0 Å². The summed E-state index contributed by atoms with van der Waals surface area (Å²) < 4.78 is 15.4. The van der Waals surface area contributed by atoms with Gasteiger partial charge in [0.2, 0.25) is 0 Å². The predicted molar refractivity (Wildman–Crippen MR) is 96.6 cm³/mol. The minimum atomic E-state index is -0.190. The number of hydrogen-bond acceptors (Lipinski definition) is 1. The maximum atomic E-state index is 13.2. The molecule has 0 aliphatic heterocycles. The Morgan fingerprint density at radius 1 is 1.00 bits per heavy atom. The van der Waals surface area contributed by atoms with Crippen molar-refractivity contribution in [2.24, 2.45) is 5.73 Å². The molecule has 0 unspecified atom stereocenters. The minimum absolute atomic E-state index is 0.119. The number of benzene rings is 2. The zero-order valence-corrected chi connectivity index (χ0v) is 13.8. The second-order valence-corrected chi connectivity index (χ2v) is 7.01. The first-order chi connectivity index (χ1) is 11.7. The Balaban J connectivity index is 1.80. The van der Waals surface area contributed by atoms with Crippen LogP contribution in [0.3, 0.4) is 0 Å². The van der Waals surface area contributed by atoms with Gasteiger partial charge in [0.15, 0.2) is 0 Å². The SMILES string of the molecule is NCC1(c2cn(Cc3ccc(F)cc3)c3ccccc23)CCCC1. The van der Waals surface area contributed by atoms with Crippen LogP contribution in [0.25, 0.3) is 10.9 Å². The van der Waals surface area contributed by atoms with E-state index in [1.165, 1.54) is 54.3 Å². The van der Waals surface area contributed by atoms with E-state index in [4.69, 9.17) is 5.73 Å². The molecule has 1 saturated carbocycles. The highest BCUT2D eigenvalue weighted by molar-refractivity contribution is 5.85. The third-order valence-electron chi connectivity index (χ3n) is 5.58. The molecule has 1 aliphatic carbocycles. The number of rotatable bonds is 4. The van der Waals surface area contributed by atoms with Gasteiger partial charge in [-0.25, -0.2) is 4.39 Å². The van der Waals surface area contributed by atoms with Crippen molar-refractivity contribution in [2.45, 2.75) is 37.6 Å². The average Bonchev–Trinajstić information content (AvgIpc) is 3.23. The molecule has 1 aromatic heterocycles. The molecule has 1 aliphatic rings. The molecule has 1 fully saturated rings. The van der Waals surface area contributed by atoms with Crippen LogP contribution in [0.15, 0.2) is 54.7 Å². The Kier molecular flexibility index (Phi) is 3.89. The Bertz CT molecular complexity index is 842. The third kappa shape index (κ3) is 2.53. The fourth-order valence-corrected chi connectivity index (χ4v) is 4.22. The smallest absolute Gasteiger partial charge is 0.123 e. The fraction of sp³-hybridized carbons (Fsp3) is 0.333. The first-order valence-corrected chi connectivity index (χ1v) is 8.75. The summed E-state index contributed by atoms with van der Waals surface area (Å²) in [6.45, 7) is 1.46. The van der Waals surface area contributed by atoms with Crippen LogP contribution in [0.5, 0.6) is 0 Å². The molecule has 3 heteroatoms. The molecule has 4 rings (SSSR count). The molecule has 24 heavy (non-hydrogen) atoms. The van der Waals surface area contributed by atoms with E-state index in [-0.39, 0.29) is 11.2 Å². The second kappa shape index (κ2) is 6.06. The van der Waals surface area contributed by atoms with Crippen LogP contribution in [-0.4, -0.2) is 11.1 Å². The average molecular weight is 322 g/mol. The molecule has 0 amide bonds. The predicted octanol–water partition coefficient (Wildman–Crippen LogP) is 4.60. The first-order valence-electron chi connectivity index (χ1n) is 8.75. The first kappa shape index (κ1) is 15.4. The number of aromatic nitrogens is 1. The van der Waals surface area contributed by atoms with Crippen LogP contribution in [0.1, 0.15) is 36.8 Å². The van der Waals surface area contributed by atoms with Gasteiger partial charge < -0.3 is 10.3 Å². The molecule has 0 bridgehead atoms. The van der Waals surface area contributed by atoms with Crippen LogP contribution in [0.2, 0.25) is 0 Å². The van der Waals surface area contributed by atoms with Crippen molar-refractivity contribution < 1.29 is 4.39 Å². The summed E-state index contributed by atoms with van der Waals surface area (Å²) in [6.07, 6.45) is 7.15. The monoisotopic (exact) mass is 322 g/mol. The quantitative estimate of drug-likeness (QED) is 0.748. The molecular weight excluding hydrogens is 299 g/mol. The van der Waals surface area contributed by atoms with E-state index in [9.17, 15) is 4.39 Å². The lowest BCUT2D eigenvalue weighted by atomic mass is 9.79.